The highest BCUT2D eigenvalue weighted by atomic mass is 16.5. The Kier molecular flexibility index (Phi) is 6.47. The molecule has 0 unspecified atom stereocenters. The summed E-state index contributed by atoms with van der Waals surface area (Å²) >= 11 is 0. The van der Waals surface area contributed by atoms with E-state index in [0.29, 0.717) is 22.9 Å². The van der Waals surface area contributed by atoms with E-state index >= 15 is 0 Å². The van der Waals surface area contributed by atoms with Crippen LogP contribution >= 0.6 is 0 Å². The smallest absolute Gasteiger partial charge is 0.335 e. The third-order valence-corrected chi connectivity index (χ3v) is 4.24. The molecule has 0 atom stereocenters. The molecule has 0 saturated carbocycles. The molecule has 3 rings (SSSR count). The van der Waals surface area contributed by atoms with Crippen molar-refractivity contribution in [2.75, 3.05) is 14.2 Å². The van der Waals surface area contributed by atoms with E-state index in [-0.39, 0.29) is 12.2 Å². The van der Waals surface area contributed by atoms with Crippen LogP contribution in [0.1, 0.15) is 21.5 Å². The molecule has 0 radical (unpaired) electrons. The Bertz CT molecular complexity index is 1010. The topological polar surface area (TPSA) is 77.3 Å². The van der Waals surface area contributed by atoms with Gasteiger partial charge in [-0.3, -0.25) is 4.99 Å². The molecule has 0 amide bonds. The van der Waals surface area contributed by atoms with Crippen molar-refractivity contribution in [3.63, 3.8) is 0 Å². The summed E-state index contributed by atoms with van der Waals surface area (Å²) in [5.74, 6) is 0.844. The molecule has 29 heavy (non-hydrogen) atoms. The maximum absolute atomic E-state index is 11.0. The average Bonchev–Trinajstić information content (AvgIpc) is 2.76. The molecule has 0 aliphatic rings. The Hall–Kier alpha value is -3.80. The summed E-state index contributed by atoms with van der Waals surface area (Å²) in [5, 5.41) is 9.01. The van der Waals surface area contributed by atoms with Crippen LogP contribution in [0, 0.1) is 0 Å². The standard InChI is InChI=1S/C23H21NO5/c1-27-20-8-4-3-7-19(20)24-14-18-6-5-9-21(28-2)22(18)29-15-16-10-12-17(13-11-16)23(25)26/h3-14H,15H2,1-2H3,(H,25,26). The molecule has 0 saturated heterocycles. The number of hydrogen-bond acceptors (Lipinski definition) is 5. The minimum atomic E-state index is -0.961. The molecule has 3 aromatic rings. The van der Waals surface area contributed by atoms with Gasteiger partial charge in [-0.05, 0) is 42.0 Å². The molecule has 6 nitrogen and oxygen atoms in total. The highest BCUT2D eigenvalue weighted by Crippen LogP contribution is 2.32. The van der Waals surface area contributed by atoms with Gasteiger partial charge in [-0.2, -0.15) is 0 Å². The highest BCUT2D eigenvalue weighted by Gasteiger charge is 2.11. The number of para-hydroxylation sites is 3. The van der Waals surface area contributed by atoms with Crippen LogP contribution in [0.3, 0.4) is 0 Å². The Balaban J connectivity index is 1.84. The molecule has 0 aliphatic carbocycles. The van der Waals surface area contributed by atoms with Gasteiger partial charge in [0, 0.05) is 11.8 Å². The number of rotatable bonds is 8. The van der Waals surface area contributed by atoms with Gasteiger partial charge >= 0.3 is 5.97 Å². The number of nitrogens with zero attached hydrogens (tertiary/aromatic N) is 1. The number of hydrogen-bond donors (Lipinski definition) is 1. The van der Waals surface area contributed by atoms with Crippen LogP contribution in [0.4, 0.5) is 5.69 Å². The van der Waals surface area contributed by atoms with Crippen molar-refractivity contribution >= 4 is 17.9 Å². The minimum absolute atomic E-state index is 0.232. The van der Waals surface area contributed by atoms with Crippen molar-refractivity contribution in [3.8, 4) is 17.2 Å². The predicted molar refractivity (Wildman–Crippen MR) is 111 cm³/mol. The van der Waals surface area contributed by atoms with Crippen molar-refractivity contribution in [2.24, 2.45) is 4.99 Å². The second-order valence-corrected chi connectivity index (χ2v) is 6.10. The summed E-state index contributed by atoms with van der Waals surface area (Å²) in [6.07, 6.45) is 1.70. The molecule has 1 N–H and O–H groups in total. The number of carboxylic acid groups (broad SMARTS) is 1. The number of carbonyl (C=O) groups is 1. The van der Waals surface area contributed by atoms with Crippen molar-refractivity contribution in [2.45, 2.75) is 6.61 Å². The van der Waals surface area contributed by atoms with Crippen LogP contribution in [0.15, 0.2) is 71.7 Å². The summed E-state index contributed by atoms with van der Waals surface area (Å²) < 4.78 is 16.8. The van der Waals surface area contributed by atoms with Gasteiger partial charge in [0.2, 0.25) is 0 Å². The number of aliphatic imine (C=N–C) groups is 1. The molecular weight excluding hydrogens is 370 g/mol. The van der Waals surface area contributed by atoms with Crippen LogP contribution in [0.25, 0.3) is 0 Å². The maximum Gasteiger partial charge on any atom is 0.335 e. The first kappa shape index (κ1) is 19.9. The van der Waals surface area contributed by atoms with Gasteiger partial charge in [0.05, 0.1) is 19.8 Å². The third kappa shape index (κ3) is 4.93. The Labute approximate surface area is 169 Å². The Morgan fingerprint density at radius 3 is 2.31 bits per heavy atom. The molecule has 0 fully saturated rings. The zero-order chi connectivity index (χ0) is 20.6. The number of ether oxygens (including phenoxy) is 3. The molecule has 6 heteroatoms. The van der Waals surface area contributed by atoms with Gasteiger partial charge in [0.15, 0.2) is 11.5 Å². The van der Waals surface area contributed by atoms with Gasteiger partial charge < -0.3 is 19.3 Å². The van der Waals surface area contributed by atoms with Crippen LogP contribution < -0.4 is 14.2 Å². The van der Waals surface area contributed by atoms with Crippen molar-refractivity contribution in [3.05, 3.63) is 83.4 Å². The van der Waals surface area contributed by atoms with E-state index in [2.05, 4.69) is 4.99 Å². The SMILES string of the molecule is COc1ccccc1N=Cc1cccc(OC)c1OCc1ccc(C(=O)O)cc1. The van der Waals surface area contributed by atoms with Crippen molar-refractivity contribution in [1.29, 1.82) is 0 Å². The summed E-state index contributed by atoms with van der Waals surface area (Å²) in [6.45, 7) is 0.260. The molecular formula is C23H21NO5. The van der Waals surface area contributed by atoms with E-state index in [9.17, 15) is 4.79 Å². The lowest BCUT2D eigenvalue weighted by molar-refractivity contribution is 0.0697. The summed E-state index contributed by atoms with van der Waals surface area (Å²) in [4.78, 5) is 15.5. The molecule has 0 bridgehead atoms. The first-order valence-corrected chi connectivity index (χ1v) is 8.91. The number of benzene rings is 3. The minimum Gasteiger partial charge on any atom is -0.494 e. The van der Waals surface area contributed by atoms with Gasteiger partial charge in [0.1, 0.15) is 18.0 Å². The Morgan fingerprint density at radius 2 is 1.62 bits per heavy atom. The van der Waals surface area contributed by atoms with E-state index in [4.69, 9.17) is 19.3 Å². The van der Waals surface area contributed by atoms with Crippen LogP contribution in [-0.4, -0.2) is 31.5 Å². The Morgan fingerprint density at radius 1 is 0.931 bits per heavy atom. The third-order valence-electron chi connectivity index (χ3n) is 4.24. The van der Waals surface area contributed by atoms with Crippen LogP contribution in [0.5, 0.6) is 17.2 Å². The van der Waals surface area contributed by atoms with Crippen LogP contribution in [0.2, 0.25) is 0 Å². The number of carboxylic acids is 1. The predicted octanol–water partition coefficient (Wildman–Crippen LogP) is 4.73. The summed E-state index contributed by atoms with van der Waals surface area (Å²) in [7, 11) is 3.18. The highest BCUT2D eigenvalue weighted by molar-refractivity contribution is 5.88. The first-order chi connectivity index (χ1) is 14.1. The van der Waals surface area contributed by atoms with Gasteiger partial charge in [-0.25, -0.2) is 4.79 Å². The fraction of sp³-hybridized carbons (Fsp3) is 0.130. The number of aromatic carboxylic acids is 1. The maximum atomic E-state index is 11.0. The first-order valence-electron chi connectivity index (χ1n) is 8.91. The zero-order valence-electron chi connectivity index (χ0n) is 16.2. The average molecular weight is 391 g/mol. The second kappa shape index (κ2) is 9.41. The van der Waals surface area contributed by atoms with E-state index < -0.39 is 5.97 Å². The monoisotopic (exact) mass is 391 g/mol. The van der Waals surface area contributed by atoms with Gasteiger partial charge in [-0.15, -0.1) is 0 Å². The lowest BCUT2D eigenvalue weighted by Crippen LogP contribution is -2.02. The lowest BCUT2D eigenvalue weighted by atomic mass is 10.1. The van der Waals surface area contributed by atoms with Gasteiger partial charge in [0.25, 0.3) is 0 Å². The number of methoxy groups -OCH3 is 2. The molecule has 3 aromatic carbocycles. The van der Waals surface area contributed by atoms with Crippen molar-refractivity contribution < 1.29 is 24.1 Å². The van der Waals surface area contributed by atoms with Gasteiger partial charge in [-0.1, -0.05) is 30.3 Å². The molecule has 0 spiro atoms. The lowest BCUT2D eigenvalue weighted by Gasteiger charge is -2.13. The summed E-state index contributed by atoms with van der Waals surface area (Å²) in [5.41, 5.74) is 2.52. The largest absolute Gasteiger partial charge is 0.494 e. The fourth-order valence-corrected chi connectivity index (χ4v) is 2.72. The normalized spacial score (nSPS) is 10.7. The van der Waals surface area contributed by atoms with Crippen molar-refractivity contribution in [1.82, 2.24) is 0 Å². The molecule has 0 aromatic heterocycles. The zero-order valence-corrected chi connectivity index (χ0v) is 16.2. The molecule has 148 valence electrons. The van der Waals surface area contributed by atoms with E-state index in [1.807, 2.05) is 42.5 Å². The fourth-order valence-electron chi connectivity index (χ4n) is 2.72. The van der Waals surface area contributed by atoms with E-state index in [1.165, 1.54) is 0 Å². The van der Waals surface area contributed by atoms with Crippen LogP contribution in [-0.2, 0) is 6.61 Å². The van der Waals surface area contributed by atoms with E-state index in [0.717, 1.165) is 11.1 Å². The quantitative estimate of drug-likeness (QED) is 0.562. The van der Waals surface area contributed by atoms with E-state index in [1.54, 1.807) is 44.7 Å². The molecule has 0 aliphatic heterocycles. The molecule has 0 heterocycles. The second-order valence-electron chi connectivity index (χ2n) is 6.10. The summed E-state index contributed by atoms with van der Waals surface area (Å²) in [6, 6.07) is 19.6.